The third-order valence-corrected chi connectivity index (χ3v) is 5.31. The number of hydrogen-bond donors (Lipinski definition) is 1. The zero-order chi connectivity index (χ0) is 16.9. The fourth-order valence-corrected chi connectivity index (χ4v) is 3.90. The Morgan fingerprint density at radius 2 is 1.83 bits per heavy atom. The van der Waals surface area contributed by atoms with Gasteiger partial charge in [-0.15, -0.1) is 0 Å². The van der Waals surface area contributed by atoms with Crippen LogP contribution in [0.15, 0.2) is 30.3 Å². The Kier molecular flexibility index (Phi) is 5.51. The number of benzene rings is 1. The van der Waals surface area contributed by atoms with Crippen molar-refractivity contribution in [2.75, 3.05) is 19.8 Å². The molecular formula is C19H25NO4. The number of aliphatic carboxylic acids is 1. The molecule has 24 heavy (non-hydrogen) atoms. The normalized spacial score (nSPS) is 27.7. The Balaban J connectivity index is 1.52. The van der Waals surface area contributed by atoms with Crippen molar-refractivity contribution in [2.45, 2.75) is 44.1 Å². The highest BCUT2D eigenvalue weighted by molar-refractivity contribution is 5.84. The number of ether oxygens (including phenoxy) is 1. The predicted molar refractivity (Wildman–Crippen MR) is 89.7 cm³/mol. The third-order valence-electron chi connectivity index (χ3n) is 5.31. The number of morpholine rings is 1. The summed E-state index contributed by atoms with van der Waals surface area (Å²) in [6.45, 7) is 0.910. The minimum Gasteiger partial charge on any atom is -0.480 e. The Morgan fingerprint density at radius 1 is 1.12 bits per heavy atom. The van der Waals surface area contributed by atoms with Crippen molar-refractivity contribution in [2.24, 2.45) is 5.92 Å². The molecule has 1 aliphatic carbocycles. The summed E-state index contributed by atoms with van der Waals surface area (Å²) in [6.07, 6.45) is 4.74. The summed E-state index contributed by atoms with van der Waals surface area (Å²) in [4.78, 5) is 25.3. The highest BCUT2D eigenvalue weighted by atomic mass is 16.5. The van der Waals surface area contributed by atoms with E-state index in [1.807, 2.05) is 6.07 Å². The van der Waals surface area contributed by atoms with E-state index in [1.54, 1.807) is 0 Å². The fraction of sp³-hybridized carbons (Fsp3) is 0.579. The van der Waals surface area contributed by atoms with Crippen LogP contribution >= 0.6 is 0 Å². The van der Waals surface area contributed by atoms with E-state index in [1.165, 1.54) is 10.5 Å². The zero-order valence-electron chi connectivity index (χ0n) is 13.9. The number of carboxylic acids is 1. The second-order valence-corrected chi connectivity index (χ2v) is 6.85. The van der Waals surface area contributed by atoms with E-state index in [9.17, 15) is 14.7 Å². The van der Waals surface area contributed by atoms with Gasteiger partial charge in [0.25, 0.3) is 0 Å². The van der Waals surface area contributed by atoms with Gasteiger partial charge in [0.05, 0.1) is 13.2 Å². The maximum absolute atomic E-state index is 12.5. The molecule has 1 unspecified atom stereocenters. The summed E-state index contributed by atoms with van der Waals surface area (Å²) >= 11 is 0. The van der Waals surface area contributed by atoms with Gasteiger partial charge in [-0.1, -0.05) is 30.3 Å². The van der Waals surface area contributed by atoms with Crippen molar-refractivity contribution in [3.63, 3.8) is 0 Å². The van der Waals surface area contributed by atoms with Crippen LogP contribution in [0.3, 0.4) is 0 Å². The lowest BCUT2D eigenvalue weighted by atomic mass is 9.77. The molecule has 1 saturated carbocycles. The molecule has 1 amide bonds. The molecule has 1 N–H and O–H groups in total. The largest absolute Gasteiger partial charge is 0.480 e. The first-order valence-electron chi connectivity index (χ1n) is 8.80. The molecule has 5 heteroatoms. The van der Waals surface area contributed by atoms with E-state index in [0.717, 1.165) is 25.7 Å². The van der Waals surface area contributed by atoms with Gasteiger partial charge in [0.15, 0.2) is 6.04 Å². The lowest BCUT2D eigenvalue weighted by molar-refractivity contribution is -0.158. The van der Waals surface area contributed by atoms with Crippen LogP contribution in [-0.4, -0.2) is 47.7 Å². The van der Waals surface area contributed by atoms with Crippen LogP contribution in [0.5, 0.6) is 0 Å². The lowest BCUT2D eigenvalue weighted by Crippen LogP contribution is -2.52. The standard InChI is InChI=1S/C19H25NO4/c21-18(20-10-11-24-13-17(20)19(22)23)12-14-6-8-16(9-7-14)15-4-2-1-3-5-15/h1-5,14,16-17H,6-13H2,(H,22,23). The van der Waals surface area contributed by atoms with Gasteiger partial charge in [-0.25, -0.2) is 4.79 Å². The van der Waals surface area contributed by atoms with Crippen molar-refractivity contribution in [3.05, 3.63) is 35.9 Å². The van der Waals surface area contributed by atoms with Crippen LogP contribution < -0.4 is 0 Å². The quantitative estimate of drug-likeness (QED) is 0.921. The summed E-state index contributed by atoms with van der Waals surface area (Å²) in [5.74, 6) is -0.0489. The summed E-state index contributed by atoms with van der Waals surface area (Å²) in [6, 6.07) is 9.73. The molecule has 5 nitrogen and oxygen atoms in total. The number of carbonyl (C=O) groups is 2. The average molecular weight is 331 g/mol. The second-order valence-electron chi connectivity index (χ2n) is 6.85. The van der Waals surface area contributed by atoms with E-state index in [4.69, 9.17) is 4.74 Å². The highest BCUT2D eigenvalue weighted by Gasteiger charge is 2.34. The number of amides is 1. The molecule has 1 aliphatic heterocycles. The van der Waals surface area contributed by atoms with E-state index < -0.39 is 12.0 Å². The van der Waals surface area contributed by atoms with E-state index >= 15 is 0 Å². The molecule has 0 radical (unpaired) electrons. The topological polar surface area (TPSA) is 66.8 Å². The molecule has 3 rings (SSSR count). The van der Waals surface area contributed by atoms with Gasteiger partial charge in [0.2, 0.25) is 5.91 Å². The van der Waals surface area contributed by atoms with Gasteiger partial charge in [-0.05, 0) is 43.1 Å². The van der Waals surface area contributed by atoms with Gasteiger partial charge < -0.3 is 14.7 Å². The summed E-state index contributed by atoms with van der Waals surface area (Å²) in [7, 11) is 0. The van der Waals surface area contributed by atoms with E-state index in [0.29, 0.717) is 31.4 Å². The van der Waals surface area contributed by atoms with Crippen LogP contribution in [0.4, 0.5) is 0 Å². The number of hydrogen-bond acceptors (Lipinski definition) is 3. The van der Waals surface area contributed by atoms with Crippen LogP contribution in [-0.2, 0) is 14.3 Å². The van der Waals surface area contributed by atoms with Gasteiger partial charge in [-0.3, -0.25) is 4.79 Å². The first kappa shape index (κ1) is 17.0. The number of carboxylic acid groups (broad SMARTS) is 1. The van der Waals surface area contributed by atoms with Crippen LogP contribution in [0, 0.1) is 5.92 Å². The monoisotopic (exact) mass is 331 g/mol. The Hall–Kier alpha value is -1.88. The maximum Gasteiger partial charge on any atom is 0.328 e. The molecule has 1 aromatic rings. The van der Waals surface area contributed by atoms with Crippen LogP contribution in [0.2, 0.25) is 0 Å². The first-order valence-corrected chi connectivity index (χ1v) is 8.80. The Morgan fingerprint density at radius 3 is 2.50 bits per heavy atom. The molecule has 1 saturated heterocycles. The molecule has 0 spiro atoms. The maximum atomic E-state index is 12.5. The molecule has 1 heterocycles. The molecule has 2 aliphatic rings. The summed E-state index contributed by atoms with van der Waals surface area (Å²) in [5.41, 5.74) is 1.39. The average Bonchev–Trinajstić information content (AvgIpc) is 2.63. The second kappa shape index (κ2) is 7.79. The minimum absolute atomic E-state index is 0.0335. The minimum atomic E-state index is -0.976. The molecule has 2 fully saturated rings. The van der Waals surface area contributed by atoms with Crippen molar-refractivity contribution in [1.29, 1.82) is 0 Å². The van der Waals surface area contributed by atoms with Gasteiger partial charge >= 0.3 is 5.97 Å². The van der Waals surface area contributed by atoms with Crippen LogP contribution in [0.1, 0.15) is 43.6 Å². The molecule has 130 valence electrons. The SMILES string of the molecule is O=C(O)C1COCCN1C(=O)CC1CCC(c2ccccc2)CC1. The number of nitrogens with zero attached hydrogens (tertiary/aromatic N) is 1. The predicted octanol–water partition coefficient (Wildman–Crippen LogP) is 2.66. The van der Waals surface area contributed by atoms with E-state index in [2.05, 4.69) is 24.3 Å². The molecule has 0 bridgehead atoms. The van der Waals surface area contributed by atoms with Crippen molar-refractivity contribution in [1.82, 2.24) is 4.90 Å². The molecular weight excluding hydrogens is 306 g/mol. The zero-order valence-corrected chi connectivity index (χ0v) is 13.9. The Labute approximate surface area is 142 Å². The van der Waals surface area contributed by atoms with Gasteiger partial charge in [-0.2, -0.15) is 0 Å². The lowest BCUT2D eigenvalue weighted by Gasteiger charge is -2.35. The number of carbonyl (C=O) groups excluding carboxylic acids is 1. The van der Waals surface area contributed by atoms with Crippen molar-refractivity contribution >= 4 is 11.9 Å². The molecule has 0 aromatic heterocycles. The van der Waals surface area contributed by atoms with E-state index in [-0.39, 0.29) is 12.5 Å². The van der Waals surface area contributed by atoms with Gasteiger partial charge in [0, 0.05) is 13.0 Å². The Bertz CT molecular complexity index is 566. The summed E-state index contributed by atoms with van der Waals surface area (Å²) in [5, 5.41) is 9.25. The number of rotatable bonds is 4. The highest BCUT2D eigenvalue weighted by Crippen LogP contribution is 2.37. The first-order chi connectivity index (χ1) is 11.6. The van der Waals surface area contributed by atoms with Crippen molar-refractivity contribution in [3.8, 4) is 0 Å². The van der Waals surface area contributed by atoms with Gasteiger partial charge in [0.1, 0.15) is 0 Å². The molecule has 1 aromatic carbocycles. The van der Waals surface area contributed by atoms with Crippen LogP contribution in [0.25, 0.3) is 0 Å². The smallest absolute Gasteiger partial charge is 0.328 e. The third kappa shape index (κ3) is 3.96. The summed E-state index contributed by atoms with van der Waals surface area (Å²) < 4.78 is 5.20. The fourth-order valence-electron chi connectivity index (χ4n) is 3.90. The molecule has 1 atom stereocenters. The van der Waals surface area contributed by atoms with Crippen molar-refractivity contribution < 1.29 is 19.4 Å².